The molecule has 0 spiro atoms. The van der Waals surface area contributed by atoms with Crippen molar-refractivity contribution >= 4 is 11.7 Å². The molecule has 0 radical (unpaired) electrons. The van der Waals surface area contributed by atoms with Gasteiger partial charge in [0, 0.05) is 11.8 Å². The van der Waals surface area contributed by atoms with Gasteiger partial charge < -0.3 is 0 Å². The molecule has 120 valence electrons. The van der Waals surface area contributed by atoms with E-state index in [1.165, 1.54) is 41.3 Å². The van der Waals surface area contributed by atoms with E-state index >= 15 is 0 Å². The van der Waals surface area contributed by atoms with Crippen molar-refractivity contribution in [2.75, 3.05) is 4.90 Å². The van der Waals surface area contributed by atoms with Crippen molar-refractivity contribution < 1.29 is 13.6 Å². The van der Waals surface area contributed by atoms with Gasteiger partial charge in [-0.1, -0.05) is 18.2 Å². The van der Waals surface area contributed by atoms with Crippen LogP contribution in [0.15, 0.2) is 72.9 Å². The highest BCUT2D eigenvalue weighted by Gasteiger charge is 2.19. The highest BCUT2D eigenvalue weighted by atomic mass is 19.1. The van der Waals surface area contributed by atoms with Gasteiger partial charge in [0.05, 0.1) is 6.54 Å². The van der Waals surface area contributed by atoms with E-state index in [1.54, 1.807) is 36.5 Å². The molecule has 0 N–H and O–H groups in total. The van der Waals surface area contributed by atoms with Crippen LogP contribution in [-0.2, 0) is 6.54 Å². The van der Waals surface area contributed by atoms with Gasteiger partial charge in [0.15, 0.2) is 0 Å². The lowest BCUT2D eigenvalue weighted by atomic mass is 10.1. The van der Waals surface area contributed by atoms with Gasteiger partial charge in [0.25, 0.3) is 5.91 Å². The van der Waals surface area contributed by atoms with Crippen molar-refractivity contribution in [2.24, 2.45) is 0 Å². The zero-order valence-corrected chi connectivity index (χ0v) is 12.7. The molecule has 3 nitrogen and oxygen atoms in total. The Labute approximate surface area is 138 Å². The summed E-state index contributed by atoms with van der Waals surface area (Å²) in [6.45, 7) is 0.158. The number of amides is 1. The molecule has 5 heteroatoms. The van der Waals surface area contributed by atoms with E-state index in [0.717, 1.165) is 0 Å². The molecule has 24 heavy (non-hydrogen) atoms. The average Bonchev–Trinajstić information content (AvgIpc) is 2.61. The molecule has 3 rings (SSSR count). The fraction of sp³-hybridized carbons (Fsp3) is 0.0526. The van der Waals surface area contributed by atoms with Crippen LogP contribution in [-0.4, -0.2) is 10.9 Å². The van der Waals surface area contributed by atoms with Gasteiger partial charge in [-0.3, -0.25) is 9.69 Å². The minimum Gasteiger partial charge on any atom is -0.288 e. The third kappa shape index (κ3) is 3.63. The number of halogens is 2. The van der Waals surface area contributed by atoms with Crippen molar-refractivity contribution in [3.63, 3.8) is 0 Å². The van der Waals surface area contributed by atoms with Gasteiger partial charge >= 0.3 is 0 Å². The molecule has 1 amide bonds. The average molecular weight is 324 g/mol. The third-order valence-electron chi connectivity index (χ3n) is 3.49. The fourth-order valence-corrected chi connectivity index (χ4v) is 2.34. The number of anilines is 1. The highest BCUT2D eigenvalue weighted by molar-refractivity contribution is 6.05. The van der Waals surface area contributed by atoms with Crippen LogP contribution >= 0.6 is 0 Å². The van der Waals surface area contributed by atoms with Crippen molar-refractivity contribution in [2.45, 2.75) is 6.54 Å². The van der Waals surface area contributed by atoms with Crippen LogP contribution in [0.25, 0.3) is 0 Å². The summed E-state index contributed by atoms with van der Waals surface area (Å²) >= 11 is 0. The molecule has 0 saturated carbocycles. The van der Waals surface area contributed by atoms with E-state index in [4.69, 9.17) is 0 Å². The Kier molecular flexibility index (Phi) is 4.61. The molecule has 3 aromatic rings. The van der Waals surface area contributed by atoms with Crippen molar-refractivity contribution in [1.29, 1.82) is 0 Å². The first kappa shape index (κ1) is 15.8. The molecule has 0 aliphatic rings. The number of rotatable bonds is 4. The second-order valence-corrected chi connectivity index (χ2v) is 5.22. The summed E-state index contributed by atoms with van der Waals surface area (Å²) in [4.78, 5) is 18.4. The van der Waals surface area contributed by atoms with Crippen molar-refractivity contribution in [1.82, 2.24) is 4.98 Å². The van der Waals surface area contributed by atoms with Gasteiger partial charge in [-0.05, 0) is 54.1 Å². The number of benzene rings is 2. The third-order valence-corrected chi connectivity index (χ3v) is 3.49. The smallest absolute Gasteiger partial charge is 0.259 e. The summed E-state index contributed by atoms with van der Waals surface area (Å²) in [6, 6.07) is 16.5. The largest absolute Gasteiger partial charge is 0.288 e. The predicted octanol–water partition coefficient (Wildman–Crippen LogP) is 4.21. The minimum absolute atomic E-state index is 0.158. The maximum absolute atomic E-state index is 13.4. The number of aromatic nitrogens is 1. The summed E-state index contributed by atoms with van der Waals surface area (Å²) in [6.07, 6.45) is 1.58. The molecule has 1 aromatic heterocycles. The van der Waals surface area contributed by atoms with E-state index < -0.39 is 5.82 Å². The quantitative estimate of drug-likeness (QED) is 0.720. The lowest BCUT2D eigenvalue weighted by Crippen LogP contribution is -2.31. The number of pyridine rings is 1. The van der Waals surface area contributed by atoms with E-state index in [0.29, 0.717) is 16.9 Å². The SMILES string of the molecule is O=C(c1ccc(F)cc1)N(Cc1cccc(F)c1)c1ccccn1. The molecular formula is C19H14F2N2O. The summed E-state index contributed by atoms with van der Waals surface area (Å²) in [5.74, 6) is -0.683. The van der Waals surface area contributed by atoms with Gasteiger partial charge in [-0.2, -0.15) is 0 Å². The zero-order valence-electron chi connectivity index (χ0n) is 12.7. The minimum atomic E-state index is -0.416. The fourth-order valence-electron chi connectivity index (χ4n) is 2.34. The molecule has 1 heterocycles. The molecule has 0 aliphatic heterocycles. The Hall–Kier alpha value is -3.08. The van der Waals surface area contributed by atoms with Crippen LogP contribution in [0.3, 0.4) is 0 Å². The molecule has 0 atom stereocenters. The molecular weight excluding hydrogens is 310 g/mol. The first-order valence-corrected chi connectivity index (χ1v) is 7.36. The summed E-state index contributed by atoms with van der Waals surface area (Å²) in [7, 11) is 0. The van der Waals surface area contributed by atoms with E-state index in [1.807, 2.05) is 0 Å². The van der Waals surface area contributed by atoms with Crippen molar-refractivity contribution in [3.8, 4) is 0 Å². The van der Waals surface area contributed by atoms with Crippen LogP contribution in [0.4, 0.5) is 14.6 Å². The predicted molar refractivity (Wildman–Crippen MR) is 87.6 cm³/mol. The lowest BCUT2D eigenvalue weighted by Gasteiger charge is -2.22. The molecule has 0 saturated heterocycles. The summed E-state index contributed by atoms with van der Waals surface area (Å²) in [5.41, 5.74) is 0.967. The van der Waals surface area contributed by atoms with Gasteiger partial charge in [-0.25, -0.2) is 13.8 Å². The van der Waals surface area contributed by atoms with E-state index in [9.17, 15) is 13.6 Å². The second kappa shape index (κ2) is 7.00. The van der Waals surface area contributed by atoms with Crippen LogP contribution in [0.1, 0.15) is 15.9 Å². The Bertz CT molecular complexity index is 836. The number of hydrogen-bond acceptors (Lipinski definition) is 2. The van der Waals surface area contributed by atoms with Crippen LogP contribution in [0, 0.1) is 11.6 Å². The standard InChI is InChI=1S/C19H14F2N2O/c20-16-9-7-15(8-10-16)19(24)23(18-6-1-2-11-22-18)13-14-4-3-5-17(21)12-14/h1-12H,13H2. The number of hydrogen-bond donors (Lipinski definition) is 0. The molecule has 0 aliphatic carbocycles. The summed E-state index contributed by atoms with van der Waals surface area (Å²) < 4.78 is 26.5. The molecule has 2 aromatic carbocycles. The van der Waals surface area contributed by atoms with Gasteiger partial charge in [0.1, 0.15) is 17.5 Å². The Morgan fingerprint density at radius 1 is 0.917 bits per heavy atom. The highest BCUT2D eigenvalue weighted by Crippen LogP contribution is 2.18. The number of carbonyl (C=O) groups excluding carboxylic acids is 1. The maximum Gasteiger partial charge on any atom is 0.259 e. The monoisotopic (exact) mass is 324 g/mol. The van der Waals surface area contributed by atoms with E-state index in [2.05, 4.69) is 4.98 Å². The van der Waals surface area contributed by atoms with Crippen LogP contribution in [0.2, 0.25) is 0 Å². The van der Waals surface area contributed by atoms with Gasteiger partial charge in [-0.15, -0.1) is 0 Å². The Morgan fingerprint density at radius 2 is 1.71 bits per heavy atom. The van der Waals surface area contributed by atoms with Crippen LogP contribution < -0.4 is 4.90 Å². The first-order chi connectivity index (χ1) is 11.6. The van der Waals surface area contributed by atoms with Crippen molar-refractivity contribution in [3.05, 3.63) is 95.7 Å². The molecule has 0 unspecified atom stereocenters. The molecule has 0 bridgehead atoms. The van der Waals surface area contributed by atoms with Gasteiger partial charge in [0.2, 0.25) is 0 Å². The number of nitrogens with zero attached hydrogens (tertiary/aromatic N) is 2. The molecule has 0 fully saturated rings. The summed E-state index contributed by atoms with van der Waals surface area (Å²) in [5, 5.41) is 0. The normalized spacial score (nSPS) is 10.4. The van der Waals surface area contributed by atoms with E-state index in [-0.39, 0.29) is 18.3 Å². The Balaban J connectivity index is 1.96. The Morgan fingerprint density at radius 3 is 2.38 bits per heavy atom. The topological polar surface area (TPSA) is 33.2 Å². The number of carbonyl (C=O) groups is 1. The lowest BCUT2D eigenvalue weighted by molar-refractivity contribution is 0.0984. The second-order valence-electron chi connectivity index (χ2n) is 5.22. The van der Waals surface area contributed by atoms with Crippen LogP contribution in [0.5, 0.6) is 0 Å². The first-order valence-electron chi connectivity index (χ1n) is 7.36. The zero-order chi connectivity index (χ0) is 16.9. The maximum atomic E-state index is 13.4.